The van der Waals surface area contributed by atoms with Crippen molar-refractivity contribution in [3.05, 3.63) is 89.5 Å². The number of aliphatic carboxylic acids is 1. The van der Waals surface area contributed by atoms with Crippen molar-refractivity contribution < 1.29 is 29.0 Å². The molecule has 174 valence electrons. The smallest absolute Gasteiger partial charge is 0.410 e. The highest BCUT2D eigenvalue weighted by Crippen LogP contribution is 2.44. The average molecular weight is 459 g/mol. The van der Waals surface area contributed by atoms with Gasteiger partial charge in [-0.05, 0) is 39.9 Å². The van der Waals surface area contributed by atoms with E-state index in [4.69, 9.17) is 9.47 Å². The number of likely N-dealkylation sites (N-methyl/N-ethyl adjacent to an activating group) is 1. The molecule has 0 spiro atoms. The van der Waals surface area contributed by atoms with Crippen molar-refractivity contribution in [3.63, 3.8) is 0 Å². The summed E-state index contributed by atoms with van der Waals surface area (Å²) in [4.78, 5) is 38.7. The fourth-order valence-corrected chi connectivity index (χ4v) is 4.32. The summed E-state index contributed by atoms with van der Waals surface area (Å²) < 4.78 is 10.4. The van der Waals surface area contributed by atoms with Gasteiger partial charge in [0.05, 0.1) is 13.0 Å². The summed E-state index contributed by atoms with van der Waals surface area (Å²) in [5.41, 5.74) is 4.46. The lowest BCUT2D eigenvalue weighted by Crippen LogP contribution is -2.44. The van der Waals surface area contributed by atoms with E-state index in [-0.39, 0.29) is 12.2 Å². The Morgan fingerprint density at radius 1 is 0.912 bits per heavy atom. The number of benzene rings is 3. The third kappa shape index (κ3) is 4.50. The zero-order valence-electron chi connectivity index (χ0n) is 18.9. The Kier molecular flexibility index (Phi) is 6.63. The fraction of sp³-hybridized carbons (Fsp3) is 0.222. The maximum absolute atomic E-state index is 13.1. The van der Waals surface area contributed by atoms with Gasteiger partial charge >= 0.3 is 12.1 Å². The van der Waals surface area contributed by atoms with Gasteiger partial charge in [0.2, 0.25) is 0 Å². The number of ether oxygens (including phenoxy) is 2. The SMILES string of the molecule is COc1ccc(C[C@H](C(=O)O)N(C)C(=O)OCC(=O)C2c3ccccc3-c3ccccc32)cc1. The largest absolute Gasteiger partial charge is 0.497 e. The van der Waals surface area contributed by atoms with Gasteiger partial charge in [0.15, 0.2) is 12.4 Å². The van der Waals surface area contributed by atoms with Gasteiger partial charge in [0.1, 0.15) is 11.8 Å². The van der Waals surface area contributed by atoms with Crippen LogP contribution < -0.4 is 4.74 Å². The molecule has 34 heavy (non-hydrogen) atoms. The van der Waals surface area contributed by atoms with E-state index in [1.165, 1.54) is 7.05 Å². The molecule has 0 unspecified atom stereocenters. The Labute approximate surface area is 197 Å². The number of carboxylic acid groups (broad SMARTS) is 1. The van der Waals surface area contributed by atoms with Crippen LogP contribution in [0.5, 0.6) is 5.75 Å². The van der Waals surface area contributed by atoms with Gasteiger partial charge < -0.3 is 14.6 Å². The molecule has 1 amide bonds. The molecule has 0 saturated carbocycles. The molecular formula is C27H25NO6. The molecule has 0 heterocycles. The molecule has 0 radical (unpaired) electrons. The zero-order valence-corrected chi connectivity index (χ0v) is 18.9. The summed E-state index contributed by atoms with van der Waals surface area (Å²) in [6, 6.07) is 21.1. The number of fused-ring (bicyclic) bond motifs is 3. The topological polar surface area (TPSA) is 93.1 Å². The average Bonchev–Trinajstić information content (AvgIpc) is 3.20. The van der Waals surface area contributed by atoms with Crippen LogP contribution in [0.2, 0.25) is 0 Å². The van der Waals surface area contributed by atoms with Gasteiger partial charge in [-0.1, -0.05) is 60.7 Å². The van der Waals surface area contributed by atoms with Crippen LogP contribution in [-0.4, -0.2) is 54.7 Å². The van der Waals surface area contributed by atoms with Crippen molar-refractivity contribution >= 4 is 17.8 Å². The van der Waals surface area contributed by atoms with E-state index in [1.807, 2.05) is 48.5 Å². The molecule has 1 aliphatic rings. The number of nitrogens with zero attached hydrogens (tertiary/aromatic N) is 1. The highest BCUT2D eigenvalue weighted by atomic mass is 16.6. The molecule has 0 aliphatic heterocycles. The molecule has 1 N–H and O–H groups in total. The van der Waals surface area contributed by atoms with Crippen molar-refractivity contribution in [1.82, 2.24) is 4.90 Å². The lowest BCUT2D eigenvalue weighted by atomic mass is 9.93. The Balaban J connectivity index is 1.44. The highest BCUT2D eigenvalue weighted by molar-refractivity contribution is 5.98. The van der Waals surface area contributed by atoms with E-state index in [0.29, 0.717) is 5.75 Å². The Morgan fingerprint density at radius 2 is 1.47 bits per heavy atom. The first kappa shape index (κ1) is 23.0. The van der Waals surface area contributed by atoms with Gasteiger partial charge in [-0.2, -0.15) is 0 Å². The predicted molar refractivity (Wildman–Crippen MR) is 126 cm³/mol. The molecule has 7 nitrogen and oxygen atoms in total. The molecule has 1 atom stereocenters. The fourth-order valence-electron chi connectivity index (χ4n) is 4.32. The van der Waals surface area contributed by atoms with Crippen LogP contribution in [0.3, 0.4) is 0 Å². The van der Waals surface area contributed by atoms with E-state index in [0.717, 1.165) is 32.7 Å². The third-order valence-corrected chi connectivity index (χ3v) is 6.12. The summed E-state index contributed by atoms with van der Waals surface area (Å²) >= 11 is 0. The second-order valence-electron chi connectivity index (χ2n) is 8.15. The van der Waals surface area contributed by atoms with Crippen LogP contribution in [-0.2, 0) is 20.7 Å². The number of Topliss-reactive ketones (excluding diaryl/α,β-unsaturated/α-hetero) is 1. The normalized spacial score (nSPS) is 12.9. The summed E-state index contributed by atoms with van der Waals surface area (Å²) in [5, 5.41) is 9.68. The monoisotopic (exact) mass is 459 g/mol. The summed E-state index contributed by atoms with van der Waals surface area (Å²) in [6.07, 6.45) is -0.781. The van der Waals surface area contributed by atoms with Gasteiger partial charge in [-0.15, -0.1) is 0 Å². The second kappa shape index (κ2) is 9.79. The number of methoxy groups -OCH3 is 1. The minimum absolute atomic E-state index is 0.0856. The Morgan fingerprint density at radius 3 is 2.00 bits per heavy atom. The van der Waals surface area contributed by atoms with Crippen molar-refractivity contribution in [2.75, 3.05) is 20.8 Å². The quantitative estimate of drug-likeness (QED) is 0.544. The van der Waals surface area contributed by atoms with Gasteiger partial charge in [0.25, 0.3) is 0 Å². The number of hydrogen-bond acceptors (Lipinski definition) is 5. The molecule has 0 fully saturated rings. The van der Waals surface area contributed by atoms with E-state index in [2.05, 4.69) is 0 Å². The van der Waals surface area contributed by atoms with Crippen LogP contribution >= 0.6 is 0 Å². The number of carboxylic acids is 1. The van der Waals surface area contributed by atoms with Crippen molar-refractivity contribution in [1.29, 1.82) is 0 Å². The molecule has 7 heteroatoms. The molecule has 0 aromatic heterocycles. The lowest BCUT2D eigenvalue weighted by Gasteiger charge is -2.24. The molecule has 3 aromatic rings. The number of amides is 1. The Bertz CT molecular complexity index is 1170. The number of carbonyl (C=O) groups is 3. The van der Waals surface area contributed by atoms with Crippen LogP contribution in [0, 0.1) is 0 Å². The molecule has 0 saturated heterocycles. The summed E-state index contributed by atoms with van der Waals surface area (Å²) in [5.74, 6) is -1.31. The van der Waals surface area contributed by atoms with Crippen LogP contribution in [0.4, 0.5) is 4.79 Å². The van der Waals surface area contributed by atoms with Gasteiger partial charge in [-0.3, -0.25) is 9.69 Å². The van der Waals surface area contributed by atoms with Crippen molar-refractivity contribution in [3.8, 4) is 16.9 Å². The number of ketones is 1. The third-order valence-electron chi connectivity index (χ3n) is 6.12. The zero-order chi connectivity index (χ0) is 24.2. The maximum Gasteiger partial charge on any atom is 0.410 e. The number of carbonyl (C=O) groups excluding carboxylic acids is 2. The molecular weight excluding hydrogens is 434 g/mol. The highest BCUT2D eigenvalue weighted by Gasteiger charge is 2.34. The van der Waals surface area contributed by atoms with E-state index >= 15 is 0 Å². The van der Waals surface area contributed by atoms with Crippen LogP contribution in [0.1, 0.15) is 22.6 Å². The number of rotatable bonds is 8. The van der Waals surface area contributed by atoms with E-state index in [1.54, 1.807) is 31.4 Å². The van der Waals surface area contributed by atoms with Gasteiger partial charge in [0, 0.05) is 13.5 Å². The molecule has 0 bridgehead atoms. The first-order valence-corrected chi connectivity index (χ1v) is 10.9. The standard InChI is InChI=1S/C27H25NO6/c1-28(23(26(30)31)15-17-11-13-18(33-2)14-12-17)27(32)34-16-24(29)25-21-9-5-3-7-19(21)20-8-4-6-10-22(20)25/h3-14,23,25H,15-16H2,1-2H3,(H,30,31)/t23-/m1/s1. The second-order valence-corrected chi connectivity index (χ2v) is 8.15. The van der Waals surface area contributed by atoms with Crippen LogP contribution in [0.15, 0.2) is 72.8 Å². The lowest BCUT2D eigenvalue weighted by molar-refractivity contribution is -0.142. The molecule has 1 aliphatic carbocycles. The molecule has 3 aromatic carbocycles. The first-order chi connectivity index (χ1) is 16.4. The maximum atomic E-state index is 13.1. The minimum Gasteiger partial charge on any atom is -0.497 e. The van der Waals surface area contributed by atoms with Crippen molar-refractivity contribution in [2.24, 2.45) is 0 Å². The summed E-state index contributed by atoms with van der Waals surface area (Å²) in [6.45, 7) is -0.453. The minimum atomic E-state index is -1.17. The van der Waals surface area contributed by atoms with Crippen LogP contribution in [0.25, 0.3) is 11.1 Å². The molecule has 4 rings (SSSR count). The Hall–Kier alpha value is -4.13. The van der Waals surface area contributed by atoms with Crippen molar-refractivity contribution in [2.45, 2.75) is 18.4 Å². The van der Waals surface area contributed by atoms with Gasteiger partial charge in [-0.25, -0.2) is 9.59 Å². The summed E-state index contributed by atoms with van der Waals surface area (Å²) in [7, 11) is 2.90. The van der Waals surface area contributed by atoms with E-state index in [9.17, 15) is 19.5 Å². The predicted octanol–water partition coefficient (Wildman–Crippen LogP) is 4.14. The number of hydrogen-bond donors (Lipinski definition) is 1. The van der Waals surface area contributed by atoms with E-state index < -0.39 is 30.6 Å². The first-order valence-electron chi connectivity index (χ1n) is 10.9.